The minimum absolute atomic E-state index is 0.00246. The predicted octanol–water partition coefficient (Wildman–Crippen LogP) is 0.852. The Morgan fingerprint density at radius 2 is 2.10 bits per heavy atom. The van der Waals surface area contributed by atoms with Crippen molar-refractivity contribution in [1.29, 1.82) is 0 Å². The van der Waals surface area contributed by atoms with Crippen LogP contribution < -0.4 is 0 Å². The van der Waals surface area contributed by atoms with Crippen molar-refractivity contribution in [3.63, 3.8) is 0 Å². The SMILES string of the molecule is CC1(C)C(=O)OC[C@H]1N1CCN(C(=O)c2nccs2)CC1. The van der Waals surface area contributed by atoms with Gasteiger partial charge in [0, 0.05) is 37.8 Å². The average Bonchev–Trinajstić information content (AvgIpc) is 3.08. The summed E-state index contributed by atoms with van der Waals surface area (Å²) in [5.41, 5.74) is -0.471. The van der Waals surface area contributed by atoms with E-state index in [1.807, 2.05) is 24.1 Å². The number of thiazole rings is 1. The zero-order chi connectivity index (χ0) is 15.0. The van der Waals surface area contributed by atoms with Gasteiger partial charge in [-0.1, -0.05) is 0 Å². The van der Waals surface area contributed by atoms with Gasteiger partial charge in [0.2, 0.25) is 0 Å². The minimum Gasteiger partial charge on any atom is -0.464 e. The van der Waals surface area contributed by atoms with E-state index in [4.69, 9.17) is 4.74 Å². The number of nitrogens with zero attached hydrogens (tertiary/aromatic N) is 3. The zero-order valence-corrected chi connectivity index (χ0v) is 13.1. The predicted molar refractivity (Wildman–Crippen MR) is 78.1 cm³/mol. The monoisotopic (exact) mass is 309 g/mol. The fraction of sp³-hybridized carbons (Fsp3) is 0.643. The van der Waals surface area contributed by atoms with Crippen molar-refractivity contribution < 1.29 is 14.3 Å². The molecule has 2 fully saturated rings. The van der Waals surface area contributed by atoms with E-state index in [0.29, 0.717) is 24.7 Å². The molecular formula is C14H19N3O3S. The summed E-state index contributed by atoms with van der Waals surface area (Å²) < 4.78 is 5.20. The molecule has 0 spiro atoms. The van der Waals surface area contributed by atoms with E-state index < -0.39 is 5.41 Å². The topological polar surface area (TPSA) is 62.7 Å². The largest absolute Gasteiger partial charge is 0.464 e. The van der Waals surface area contributed by atoms with Crippen LogP contribution in [0.25, 0.3) is 0 Å². The molecule has 0 aromatic carbocycles. The Morgan fingerprint density at radius 3 is 2.62 bits per heavy atom. The number of esters is 1. The number of hydrogen-bond donors (Lipinski definition) is 0. The third-order valence-corrected chi connectivity index (χ3v) is 5.15. The van der Waals surface area contributed by atoms with Gasteiger partial charge in [-0.3, -0.25) is 14.5 Å². The van der Waals surface area contributed by atoms with E-state index in [1.54, 1.807) is 6.20 Å². The lowest BCUT2D eigenvalue weighted by molar-refractivity contribution is -0.145. The number of carbonyl (C=O) groups is 2. The number of hydrogen-bond acceptors (Lipinski definition) is 6. The molecule has 114 valence electrons. The number of rotatable bonds is 2. The van der Waals surface area contributed by atoms with Crippen LogP contribution in [-0.2, 0) is 9.53 Å². The number of carbonyl (C=O) groups excluding carboxylic acids is 2. The number of piperazine rings is 1. The molecule has 0 aliphatic carbocycles. The first kappa shape index (κ1) is 14.5. The highest BCUT2D eigenvalue weighted by molar-refractivity contribution is 7.11. The van der Waals surface area contributed by atoms with Crippen LogP contribution in [-0.4, -0.2) is 65.5 Å². The number of ether oxygens (including phenoxy) is 1. The summed E-state index contributed by atoms with van der Waals surface area (Å²) in [4.78, 5) is 32.2. The highest BCUT2D eigenvalue weighted by atomic mass is 32.1. The lowest BCUT2D eigenvalue weighted by Crippen LogP contribution is -2.55. The Balaban J connectivity index is 1.61. The maximum Gasteiger partial charge on any atom is 0.313 e. The smallest absolute Gasteiger partial charge is 0.313 e. The van der Waals surface area contributed by atoms with Crippen molar-refractivity contribution >= 4 is 23.2 Å². The molecule has 1 atom stereocenters. The van der Waals surface area contributed by atoms with E-state index in [2.05, 4.69) is 9.88 Å². The Hall–Kier alpha value is -1.47. The van der Waals surface area contributed by atoms with E-state index in [9.17, 15) is 9.59 Å². The van der Waals surface area contributed by atoms with Crippen LogP contribution >= 0.6 is 11.3 Å². The summed E-state index contributed by atoms with van der Waals surface area (Å²) in [5, 5.41) is 2.36. The van der Waals surface area contributed by atoms with Crippen LogP contribution in [0, 0.1) is 5.41 Å². The van der Waals surface area contributed by atoms with Crippen LogP contribution in [0.4, 0.5) is 0 Å². The second-order valence-electron chi connectivity index (χ2n) is 6.00. The number of aromatic nitrogens is 1. The molecule has 0 saturated carbocycles. The second-order valence-corrected chi connectivity index (χ2v) is 6.90. The third-order valence-electron chi connectivity index (χ3n) is 4.39. The molecular weight excluding hydrogens is 290 g/mol. The second kappa shape index (κ2) is 5.38. The highest BCUT2D eigenvalue weighted by Gasteiger charge is 2.48. The maximum absolute atomic E-state index is 12.2. The van der Waals surface area contributed by atoms with E-state index in [1.165, 1.54) is 11.3 Å². The van der Waals surface area contributed by atoms with Gasteiger partial charge < -0.3 is 9.64 Å². The Kier molecular flexibility index (Phi) is 3.71. The molecule has 0 unspecified atom stereocenters. The number of amides is 1. The van der Waals surface area contributed by atoms with Gasteiger partial charge in [-0.2, -0.15) is 0 Å². The van der Waals surface area contributed by atoms with Gasteiger partial charge in [0.25, 0.3) is 5.91 Å². The molecule has 1 amide bonds. The Labute approximate surface area is 127 Å². The van der Waals surface area contributed by atoms with E-state index in [0.717, 1.165) is 13.1 Å². The third kappa shape index (κ3) is 2.55. The minimum atomic E-state index is -0.471. The molecule has 1 aromatic heterocycles. The first-order valence-electron chi connectivity index (χ1n) is 7.10. The Morgan fingerprint density at radius 1 is 1.38 bits per heavy atom. The van der Waals surface area contributed by atoms with Crippen molar-refractivity contribution in [2.24, 2.45) is 5.41 Å². The lowest BCUT2D eigenvalue weighted by atomic mass is 9.85. The molecule has 0 bridgehead atoms. The molecule has 3 rings (SSSR count). The van der Waals surface area contributed by atoms with Crippen molar-refractivity contribution in [3.8, 4) is 0 Å². The molecule has 1 aromatic rings. The molecule has 2 aliphatic heterocycles. The lowest BCUT2D eigenvalue weighted by Gasteiger charge is -2.40. The zero-order valence-electron chi connectivity index (χ0n) is 12.2. The van der Waals surface area contributed by atoms with Crippen molar-refractivity contribution in [2.45, 2.75) is 19.9 Å². The van der Waals surface area contributed by atoms with E-state index in [-0.39, 0.29) is 17.9 Å². The summed E-state index contributed by atoms with van der Waals surface area (Å²) in [5.74, 6) is -0.128. The summed E-state index contributed by atoms with van der Waals surface area (Å²) in [6.07, 6.45) is 1.65. The van der Waals surface area contributed by atoms with Gasteiger partial charge in [0.05, 0.1) is 11.5 Å². The van der Waals surface area contributed by atoms with Crippen LogP contribution in [0.1, 0.15) is 23.6 Å². The molecule has 0 radical (unpaired) electrons. The van der Waals surface area contributed by atoms with Crippen LogP contribution in [0.15, 0.2) is 11.6 Å². The quantitative estimate of drug-likeness (QED) is 0.758. The standard InChI is InChI=1S/C14H19N3O3S/c1-14(2)10(9-20-13(14)19)16-4-6-17(7-5-16)12(18)11-15-3-8-21-11/h3,8,10H,4-7,9H2,1-2H3/t10-/m1/s1. The summed E-state index contributed by atoms with van der Waals surface area (Å²) >= 11 is 1.37. The molecule has 6 nitrogen and oxygen atoms in total. The maximum atomic E-state index is 12.2. The molecule has 3 heterocycles. The fourth-order valence-electron chi connectivity index (χ4n) is 2.95. The average molecular weight is 309 g/mol. The number of cyclic esters (lactones) is 1. The molecule has 7 heteroatoms. The van der Waals surface area contributed by atoms with Gasteiger partial charge in [-0.15, -0.1) is 11.3 Å². The van der Waals surface area contributed by atoms with Crippen molar-refractivity contribution in [1.82, 2.24) is 14.8 Å². The first-order valence-corrected chi connectivity index (χ1v) is 7.98. The molecule has 2 aliphatic rings. The fourth-order valence-corrected chi connectivity index (χ4v) is 3.55. The van der Waals surface area contributed by atoms with Gasteiger partial charge in [-0.25, -0.2) is 4.98 Å². The normalized spacial score (nSPS) is 25.9. The van der Waals surface area contributed by atoms with Crippen molar-refractivity contribution in [3.05, 3.63) is 16.6 Å². The van der Waals surface area contributed by atoms with Gasteiger partial charge in [0.15, 0.2) is 5.01 Å². The first-order chi connectivity index (χ1) is 10.00. The molecule has 21 heavy (non-hydrogen) atoms. The van der Waals surface area contributed by atoms with E-state index >= 15 is 0 Å². The van der Waals surface area contributed by atoms with Crippen LogP contribution in [0.3, 0.4) is 0 Å². The van der Waals surface area contributed by atoms with Gasteiger partial charge in [0.1, 0.15) is 6.61 Å². The highest BCUT2D eigenvalue weighted by Crippen LogP contribution is 2.33. The summed E-state index contributed by atoms with van der Waals surface area (Å²) in [6.45, 7) is 7.18. The molecule has 0 N–H and O–H groups in total. The molecule has 2 saturated heterocycles. The van der Waals surface area contributed by atoms with Crippen LogP contribution in [0.5, 0.6) is 0 Å². The van der Waals surface area contributed by atoms with Gasteiger partial charge in [-0.05, 0) is 13.8 Å². The summed E-state index contributed by atoms with van der Waals surface area (Å²) in [7, 11) is 0. The summed E-state index contributed by atoms with van der Waals surface area (Å²) in [6, 6.07) is 0.0992. The Bertz CT molecular complexity index is 536. The van der Waals surface area contributed by atoms with Crippen molar-refractivity contribution in [2.75, 3.05) is 32.8 Å². The van der Waals surface area contributed by atoms with Gasteiger partial charge >= 0.3 is 5.97 Å². The van der Waals surface area contributed by atoms with Crippen LogP contribution in [0.2, 0.25) is 0 Å².